The molecule has 22 heavy (non-hydrogen) atoms. The van der Waals surface area contributed by atoms with Crippen LogP contribution in [0.4, 0.5) is 5.13 Å². The predicted molar refractivity (Wildman–Crippen MR) is 88.2 cm³/mol. The third kappa shape index (κ3) is 4.64. The average Bonchev–Trinajstić information content (AvgIpc) is 2.92. The van der Waals surface area contributed by atoms with Gasteiger partial charge in [0.15, 0.2) is 0 Å². The Morgan fingerprint density at radius 1 is 1.41 bits per heavy atom. The van der Waals surface area contributed by atoms with Crippen molar-refractivity contribution >= 4 is 22.6 Å². The van der Waals surface area contributed by atoms with Crippen LogP contribution in [0.15, 0.2) is 0 Å². The normalized spacial score (nSPS) is 16.8. The fourth-order valence-corrected chi connectivity index (χ4v) is 3.17. The molecule has 1 saturated heterocycles. The van der Waals surface area contributed by atoms with Crippen LogP contribution >= 0.6 is 11.5 Å². The molecule has 0 atom stereocenters. The van der Waals surface area contributed by atoms with Gasteiger partial charge in [0.1, 0.15) is 5.82 Å². The van der Waals surface area contributed by atoms with Crippen molar-refractivity contribution in [3.05, 3.63) is 5.82 Å². The van der Waals surface area contributed by atoms with Crippen LogP contribution in [0.25, 0.3) is 0 Å². The van der Waals surface area contributed by atoms with Crippen LogP contribution in [0.1, 0.15) is 39.4 Å². The molecule has 0 saturated carbocycles. The van der Waals surface area contributed by atoms with Gasteiger partial charge < -0.3 is 15.0 Å². The second-order valence-electron chi connectivity index (χ2n) is 6.72. The second kappa shape index (κ2) is 7.37. The highest BCUT2D eigenvalue weighted by atomic mass is 32.1. The number of methoxy groups -OCH3 is 1. The van der Waals surface area contributed by atoms with Crippen LogP contribution in [-0.4, -0.2) is 53.0 Å². The van der Waals surface area contributed by atoms with E-state index in [-0.39, 0.29) is 11.3 Å². The summed E-state index contributed by atoms with van der Waals surface area (Å²) < 4.78 is 9.35. The second-order valence-corrected chi connectivity index (χ2v) is 7.47. The molecule has 1 fully saturated rings. The Morgan fingerprint density at radius 2 is 2.09 bits per heavy atom. The zero-order chi connectivity index (χ0) is 16.2. The molecule has 1 aromatic rings. The number of hydrogen-bond donors (Lipinski definition) is 1. The highest BCUT2D eigenvalue weighted by molar-refractivity contribution is 7.09. The van der Waals surface area contributed by atoms with Crippen molar-refractivity contribution in [1.82, 2.24) is 14.3 Å². The molecular formula is C15H26N4O2S. The summed E-state index contributed by atoms with van der Waals surface area (Å²) in [6, 6.07) is 0.368. The Labute approximate surface area is 136 Å². The zero-order valence-corrected chi connectivity index (χ0v) is 14.7. The van der Waals surface area contributed by atoms with Crippen LogP contribution in [0.3, 0.4) is 0 Å². The molecule has 0 spiro atoms. The number of piperidine rings is 1. The van der Waals surface area contributed by atoms with E-state index in [0.29, 0.717) is 12.6 Å². The summed E-state index contributed by atoms with van der Waals surface area (Å²) in [5.74, 6) is 1.07. The molecule has 0 aliphatic carbocycles. The van der Waals surface area contributed by atoms with Crippen molar-refractivity contribution in [2.75, 3.05) is 32.1 Å². The topological polar surface area (TPSA) is 67.3 Å². The third-order valence-electron chi connectivity index (χ3n) is 3.75. The minimum absolute atomic E-state index is 0.240. The molecule has 0 bridgehead atoms. The van der Waals surface area contributed by atoms with E-state index in [9.17, 15) is 4.79 Å². The number of amides is 1. The van der Waals surface area contributed by atoms with Crippen LogP contribution in [0.5, 0.6) is 0 Å². The summed E-state index contributed by atoms with van der Waals surface area (Å²) in [6.07, 6.45) is 2.65. The molecule has 0 radical (unpaired) electrons. The van der Waals surface area contributed by atoms with E-state index in [1.807, 2.05) is 25.7 Å². The van der Waals surface area contributed by atoms with Gasteiger partial charge in [0.2, 0.25) is 11.0 Å². The Hall–Kier alpha value is -1.21. The van der Waals surface area contributed by atoms with Crippen LogP contribution in [0.2, 0.25) is 0 Å². The summed E-state index contributed by atoms with van der Waals surface area (Å²) in [7, 11) is 1.68. The third-order valence-corrected chi connectivity index (χ3v) is 4.43. The molecule has 0 aromatic carbocycles. The summed E-state index contributed by atoms with van der Waals surface area (Å²) in [5.41, 5.74) is -0.296. The summed E-state index contributed by atoms with van der Waals surface area (Å²) in [4.78, 5) is 18.7. The Balaban J connectivity index is 1.80. The number of rotatable bonds is 5. The molecule has 6 nitrogen and oxygen atoms in total. The first-order chi connectivity index (χ1) is 10.4. The predicted octanol–water partition coefficient (Wildman–Crippen LogP) is 2.18. The molecule has 7 heteroatoms. The maximum absolute atomic E-state index is 12.3. The smallest absolute Gasteiger partial charge is 0.227 e. The van der Waals surface area contributed by atoms with Crippen molar-refractivity contribution < 1.29 is 9.53 Å². The summed E-state index contributed by atoms with van der Waals surface area (Å²) >= 11 is 1.40. The first-order valence-electron chi connectivity index (χ1n) is 7.77. The fourth-order valence-electron chi connectivity index (χ4n) is 2.48. The van der Waals surface area contributed by atoms with Gasteiger partial charge in [0, 0.05) is 49.6 Å². The first-order valence-corrected chi connectivity index (χ1v) is 8.55. The van der Waals surface area contributed by atoms with Gasteiger partial charge >= 0.3 is 0 Å². The fraction of sp³-hybridized carbons (Fsp3) is 0.800. The van der Waals surface area contributed by atoms with Crippen molar-refractivity contribution in [3.8, 4) is 0 Å². The van der Waals surface area contributed by atoms with Gasteiger partial charge in [0.25, 0.3) is 0 Å². The highest BCUT2D eigenvalue weighted by Crippen LogP contribution is 2.23. The molecule has 1 amide bonds. The lowest BCUT2D eigenvalue weighted by atomic mass is 9.93. The maximum atomic E-state index is 12.3. The molecule has 2 heterocycles. The van der Waals surface area contributed by atoms with Gasteiger partial charge in [-0.1, -0.05) is 20.8 Å². The molecule has 0 unspecified atom stereocenters. The van der Waals surface area contributed by atoms with Gasteiger partial charge in [-0.2, -0.15) is 4.37 Å². The van der Waals surface area contributed by atoms with E-state index in [0.717, 1.165) is 43.3 Å². The number of hydrogen-bond acceptors (Lipinski definition) is 6. The Bertz CT molecular complexity index is 490. The first kappa shape index (κ1) is 17.1. The molecule has 124 valence electrons. The molecule has 1 N–H and O–H groups in total. The molecular weight excluding hydrogens is 300 g/mol. The number of likely N-dealkylation sites (tertiary alicyclic amines) is 1. The number of nitrogens with one attached hydrogen (secondary N) is 1. The van der Waals surface area contributed by atoms with E-state index in [1.165, 1.54) is 11.5 Å². The minimum atomic E-state index is -0.296. The van der Waals surface area contributed by atoms with Gasteiger partial charge in [-0.3, -0.25) is 4.79 Å². The molecule has 1 aromatic heterocycles. The monoisotopic (exact) mass is 326 g/mol. The number of carbonyl (C=O) groups is 1. The number of ether oxygens (including phenoxy) is 1. The van der Waals surface area contributed by atoms with Crippen LogP contribution in [-0.2, 0) is 16.0 Å². The van der Waals surface area contributed by atoms with Crippen molar-refractivity contribution in [1.29, 1.82) is 0 Å². The van der Waals surface area contributed by atoms with E-state index < -0.39 is 0 Å². The lowest BCUT2D eigenvalue weighted by molar-refractivity contribution is -0.140. The SMILES string of the molecule is COCCc1nsc(NC2CCN(C(=O)C(C)(C)C)CC2)n1. The van der Waals surface area contributed by atoms with Gasteiger partial charge in [-0.15, -0.1) is 0 Å². The van der Waals surface area contributed by atoms with Crippen LogP contribution < -0.4 is 5.32 Å². The average molecular weight is 326 g/mol. The van der Waals surface area contributed by atoms with Crippen molar-refractivity contribution in [2.45, 2.75) is 46.1 Å². The minimum Gasteiger partial charge on any atom is -0.384 e. The van der Waals surface area contributed by atoms with Crippen molar-refractivity contribution in [3.63, 3.8) is 0 Å². The number of nitrogens with zero attached hydrogens (tertiary/aromatic N) is 3. The summed E-state index contributed by atoms with van der Waals surface area (Å²) in [6.45, 7) is 8.18. The van der Waals surface area contributed by atoms with E-state index in [2.05, 4.69) is 14.7 Å². The van der Waals surface area contributed by atoms with Gasteiger partial charge in [-0.05, 0) is 12.8 Å². The molecule has 1 aliphatic heterocycles. The Morgan fingerprint density at radius 3 is 2.68 bits per heavy atom. The standard InChI is InChI=1S/C15H26N4O2S/c1-15(2,3)13(20)19-8-5-11(6-9-19)16-14-17-12(18-22-14)7-10-21-4/h11H,5-10H2,1-4H3,(H,16,17,18). The van der Waals surface area contributed by atoms with E-state index in [1.54, 1.807) is 7.11 Å². The number of carbonyl (C=O) groups excluding carboxylic acids is 1. The number of anilines is 1. The van der Waals surface area contributed by atoms with E-state index in [4.69, 9.17) is 4.74 Å². The number of aromatic nitrogens is 2. The quantitative estimate of drug-likeness (QED) is 0.898. The van der Waals surface area contributed by atoms with Gasteiger partial charge in [-0.25, -0.2) is 4.98 Å². The zero-order valence-electron chi connectivity index (χ0n) is 13.9. The lowest BCUT2D eigenvalue weighted by Gasteiger charge is -2.35. The summed E-state index contributed by atoms with van der Waals surface area (Å²) in [5, 5.41) is 4.31. The van der Waals surface area contributed by atoms with Gasteiger partial charge in [0.05, 0.1) is 6.61 Å². The molecule has 2 rings (SSSR count). The Kier molecular flexibility index (Phi) is 5.74. The molecule has 1 aliphatic rings. The van der Waals surface area contributed by atoms with Crippen molar-refractivity contribution in [2.24, 2.45) is 5.41 Å². The largest absolute Gasteiger partial charge is 0.384 e. The van der Waals surface area contributed by atoms with Crippen LogP contribution in [0, 0.1) is 5.41 Å². The maximum Gasteiger partial charge on any atom is 0.227 e. The lowest BCUT2D eigenvalue weighted by Crippen LogP contribution is -2.46. The van der Waals surface area contributed by atoms with E-state index >= 15 is 0 Å². The highest BCUT2D eigenvalue weighted by Gasteiger charge is 2.30.